The highest BCUT2D eigenvalue weighted by Crippen LogP contribution is 2.32. The summed E-state index contributed by atoms with van der Waals surface area (Å²) in [5.41, 5.74) is 4.47. The maximum Gasteiger partial charge on any atom is 0.266 e. The Hall–Kier alpha value is -2.44. The molecule has 1 heterocycles. The lowest BCUT2D eigenvalue weighted by Gasteiger charge is -2.24. The van der Waals surface area contributed by atoms with E-state index in [1.165, 1.54) is 11.1 Å². The van der Waals surface area contributed by atoms with Crippen molar-refractivity contribution >= 4 is 32.6 Å². The van der Waals surface area contributed by atoms with Crippen LogP contribution in [0.5, 0.6) is 5.75 Å². The fourth-order valence-electron chi connectivity index (χ4n) is 3.37. The molecule has 0 fully saturated rings. The van der Waals surface area contributed by atoms with Gasteiger partial charge in [-0.05, 0) is 68.8 Å². The summed E-state index contributed by atoms with van der Waals surface area (Å²) in [7, 11) is 0. The van der Waals surface area contributed by atoms with Crippen molar-refractivity contribution < 1.29 is 9.53 Å². The van der Waals surface area contributed by atoms with E-state index >= 15 is 0 Å². The third-order valence-corrected chi connectivity index (χ3v) is 6.54. The van der Waals surface area contributed by atoms with Gasteiger partial charge in [-0.25, -0.2) is 4.98 Å². The number of aromatic nitrogens is 1. The quantitative estimate of drug-likeness (QED) is 0.485. The number of rotatable bonds is 9. The lowest BCUT2D eigenvalue weighted by atomic mass is 10.1. The predicted octanol–water partition coefficient (Wildman–Crippen LogP) is 4.98. The highest BCUT2D eigenvalue weighted by molar-refractivity contribution is 7.22. The maximum atomic E-state index is 13.2. The van der Waals surface area contributed by atoms with Crippen LogP contribution in [-0.4, -0.2) is 48.6 Å². The van der Waals surface area contributed by atoms with Crippen LogP contribution in [0.25, 0.3) is 10.2 Å². The van der Waals surface area contributed by atoms with Crippen LogP contribution in [0.4, 0.5) is 5.13 Å². The van der Waals surface area contributed by atoms with Crippen molar-refractivity contribution in [3.8, 4) is 5.75 Å². The van der Waals surface area contributed by atoms with Crippen molar-refractivity contribution in [3.05, 3.63) is 53.1 Å². The number of ether oxygens (including phenoxy) is 1. The van der Waals surface area contributed by atoms with Crippen LogP contribution in [0.1, 0.15) is 30.5 Å². The first-order chi connectivity index (χ1) is 14.4. The van der Waals surface area contributed by atoms with E-state index in [-0.39, 0.29) is 12.5 Å². The van der Waals surface area contributed by atoms with E-state index in [1.54, 1.807) is 16.2 Å². The van der Waals surface area contributed by atoms with Crippen molar-refractivity contribution in [2.24, 2.45) is 0 Å². The number of hydrogen-bond acceptors (Lipinski definition) is 5. The highest BCUT2D eigenvalue weighted by Gasteiger charge is 2.21. The first-order valence-corrected chi connectivity index (χ1v) is 11.3. The standard InChI is InChI=1S/C24H31N3O2S/c1-6-26(7-2)13-14-27(22(28)16-29-20-10-8-9-17(3)15-20)24-25-23-19(5)18(4)11-12-21(23)30-24/h8-12,15H,6-7,13-14,16H2,1-5H3. The fourth-order valence-corrected chi connectivity index (χ4v) is 4.43. The van der Waals surface area contributed by atoms with Gasteiger partial charge in [0.05, 0.1) is 10.2 Å². The lowest BCUT2D eigenvalue weighted by molar-refractivity contribution is -0.120. The normalized spacial score (nSPS) is 11.3. The third-order valence-electron chi connectivity index (χ3n) is 5.49. The van der Waals surface area contributed by atoms with Gasteiger partial charge in [0.25, 0.3) is 5.91 Å². The SMILES string of the molecule is CCN(CC)CCN(C(=O)COc1cccc(C)c1)c1nc2c(C)c(C)ccc2s1. The molecule has 0 aliphatic heterocycles. The van der Waals surface area contributed by atoms with E-state index in [0.29, 0.717) is 12.3 Å². The zero-order valence-corrected chi connectivity index (χ0v) is 19.4. The number of nitrogens with zero attached hydrogens (tertiary/aromatic N) is 3. The van der Waals surface area contributed by atoms with Gasteiger partial charge in [0.1, 0.15) is 5.75 Å². The Morgan fingerprint density at radius 1 is 1.07 bits per heavy atom. The summed E-state index contributed by atoms with van der Waals surface area (Å²) in [6.45, 7) is 13.8. The Balaban J connectivity index is 1.84. The number of aryl methyl sites for hydroxylation is 3. The van der Waals surface area contributed by atoms with Crippen molar-refractivity contribution in [1.29, 1.82) is 0 Å². The average Bonchev–Trinajstić information content (AvgIpc) is 3.17. The summed E-state index contributed by atoms with van der Waals surface area (Å²) in [6.07, 6.45) is 0. The summed E-state index contributed by atoms with van der Waals surface area (Å²) in [6, 6.07) is 12.0. The summed E-state index contributed by atoms with van der Waals surface area (Å²) < 4.78 is 6.90. The molecule has 1 aromatic heterocycles. The molecule has 2 aromatic carbocycles. The Morgan fingerprint density at radius 3 is 2.53 bits per heavy atom. The smallest absolute Gasteiger partial charge is 0.266 e. The van der Waals surface area contributed by atoms with Gasteiger partial charge in [0.2, 0.25) is 0 Å². The molecule has 3 aromatic rings. The zero-order chi connectivity index (χ0) is 21.7. The molecule has 0 bridgehead atoms. The van der Waals surface area contributed by atoms with Crippen LogP contribution in [0, 0.1) is 20.8 Å². The first kappa shape index (κ1) is 22.2. The van der Waals surface area contributed by atoms with Crippen molar-refractivity contribution in [1.82, 2.24) is 9.88 Å². The largest absolute Gasteiger partial charge is 0.484 e. The molecule has 0 aliphatic rings. The molecule has 30 heavy (non-hydrogen) atoms. The van der Waals surface area contributed by atoms with E-state index in [0.717, 1.165) is 40.5 Å². The van der Waals surface area contributed by atoms with Crippen molar-refractivity contribution in [3.63, 3.8) is 0 Å². The average molecular weight is 426 g/mol. The molecule has 0 spiro atoms. The number of carbonyl (C=O) groups is 1. The van der Waals surface area contributed by atoms with Crippen LogP contribution in [0.2, 0.25) is 0 Å². The van der Waals surface area contributed by atoms with Crippen LogP contribution in [0.15, 0.2) is 36.4 Å². The Labute approximate surface area is 183 Å². The molecule has 0 radical (unpaired) electrons. The second-order valence-corrected chi connectivity index (χ2v) is 8.54. The number of hydrogen-bond donors (Lipinski definition) is 0. The molecule has 0 aliphatic carbocycles. The van der Waals surface area contributed by atoms with E-state index < -0.39 is 0 Å². The lowest BCUT2D eigenvalue weighted by Crippen LogP contribution is -2.41. The maximum absolute atomic E-state index is 13.2. The van der Waals surface area contributed by atoms with Crippen molar-refractivity contribution in [2.75, 3.05) is 37.7 Å². The zero-order valence-electron chi connectivity index (χ0n) is 18.6. The number of carbonyl (C=O) groups excluding carboxylic acids is 1. The Kier molecular flexibility index (Phi) is 7.45. The summed E-state index contributed by atoms with van der Waals surface area (Å²) in [5, 5.41) is 0.740. The number of amides is 1. The van der Waals surface area contributed by atoms with E-state index in [9.17, 15) is 4.79 Å². The van der Waals surface area contributed by atoms with E-state index in [4.69, 9.17) is 9.72 Å². The third kappa shape index (κ3) is 5.18. The molecule has 0 N–H and O–H groups in total. The minimum atomic E-state index is -0.0721. The van der Waals surface area contributed by atoms with Crippen LogP contribution >= 0.6 is 11.3 Å². The van der Waals surface area contributed by atoms with Crippen molar-refractivity contribution in [2.45, 2.75) is 34.6 Å². The van der Waals surface area contributed by atoms with Crippen LogP contribution < -0.4 is 9.64 Å². The van der Waals surface area contributed by atoms with Gasteiger partial charge < -0.3 is 9.64 Å². The van der Waals surface area contributed by atoms with Crippen LogP contribution in [-0.2, 0) is 4.79 Å². The molecule has 5 nitrogen and oxygen atoms in total. The number of likely N-dealkylation sites (N-methyl/N-ethyl adjacent to an activating group) is 1. The molecular formula is C24H31N3O2S. The Bertz CT molecular complexity index is 1010. The second-order valence-electron chi connectivity index (χ2n) is 7.53. The summed E-state index contributed by atoms with van der Waals surface area (Å²) >= 11 is 1.57. The summed E-state index contributed by atoms with van der Waals surface area (Å²) in [5.74, 6) is 0.639. The van der Waals surface area contributed by atoms with E-state index in [2.05, 4.69) is 44.7 Å². The number of fused-ring (bicyclic) bond motifs is 1. The molecule has 0 unspecified atom stereocenters. The number of thiazole rings is 1. The van der Waals surface area contributed by atoms with Gasteiger partial charge in [-0.3, -0.25) is 9.69 Å². The van der Waals surface area contributed by atoms with Gasteiger partial charge >= 0.3 is 0 Å². The molecule has 3 rings (SSSR count). The van der Waals surface area contributed by atoms with Gasteiger partial charge in [-0.15, -0.1) is 0 Å². The minimum Gasteiger partial charge on any atom is -0.484 e. The molecule has 0 saturated carbocycles. The molecule has 1 amide bonds. The van der Waals surface area contributed by atoms with Gasteiger partial charge in [-0.2, -0.15) is 0 Å². The van der Waals surface area contributed by atoms with Gasteiger partial charge in [0, 0.05) is 13.1 Å². The molecule has 6 heteroatoms. The van der Waals surface area contributed by atoms with Crippen LogP contribution in [0.3, 0.4) is 0 Å². The molecule has 160 valence electrons. The van der Waals surface area contributed by atoms with E-state index in [1.807, 2.05) is 31.2 Å². The molecule has 0 atom stereocenters. The topological polar surface area (TPSA) is 45.7 Å². The highest BCUT2D eigenvalue weighted by atomic mass is 32.1. The number of anilines is 1. The predicted molar refractivity (Wildman–Crippen MR) is 126 cm³/mol. The fraction of sp³-hybridized carbons (Fsp3) is 0.417. The van der Waals surface area contributed by atoms with Gasteiger partial charge in [-0.1, -0.05) is 43.4 Å². The Morgan fingerprint density at radius 2 is 1.83 bits per heavy atom. The minimum absolute atomic E-state index is 0.00433. The number of benzene rings is 2. The first-order valence-electron chi connectivity index (χ1n) is 10.5. The van der Waals surface area contributed by atoms with Gasteiger partial charge in [0.15, 0.2) is 11.7 Å². The monoisotopic (exact) mass is 425 g/mol. The molecule has 0 saturated heterocycles. The molecular weight excluding hydrogens is 394 g/mol. The summed E-state index contributed by atoms with van der Waals surface area (Å²) in [4.78, 5) is 22.1. The second kappa shape index (κ2) is 10.0.